The number of hydrogen-bond donors (Lipinski definition) is 1. The van der Waals surface area contributed by atoms with E-state index in [0.717, 1.165) is 0 Å². The fourth-order valence-electron chi connectivity index (χ4n) is 2.64. The number of halogens is 1. The van der Waals surface area contributed by atoms with E-state index in [-0.39, 0.29) is 18.4 Å². The molecule has 0 aromatic heterocycles. The van der Waals surface area contributed by atoms with Gasteiger partial charge in [-0.3, -0.25) is 9.59 Å². The van der Waals surface area contributed by atoms with E-state index in [1.807, 2.05) is 6.07 Å². The lowest BCUT2D eigenvalue weighted by atomic mass is 10.1. The molecule has 0 fully saturated rings. The molecule has 1 aliphatic rings. The van der Waals surface area contributed by atoms with Crippen molar-refractivity contribution in [2.75, 3.05) is 23.9 Å². The highest BCUT2D eigenvalue weighted by atomic mass is 35.5. The first kappa shape index (κ1) is 17.1. The third kappa shape index (κ3) is 3.53. The van der Waals surface area contributed by atoms with Crippen molar-refractivity contribution >= 4 is 34.8 Å². The lowest BCUT2D eigenvalue weighted by Crippen LogP contribution is -2.48. The maximum absolute atomic E-state index is 12.6. The second-order valence-electron chi connectivity index (χ2n) is 5.54. The third-order valence-electron chi connectivity index (χ3n) is 3.87. The Hall–Kier alpha value is -2.73. The molecule has 0 aliphatic carbocycles. The predicted molar refractivity (Wildman–Crippen MR) is 95.5 cm³/mol. The number of hydrogen-bond acceptors (Lipinski definition) is 4. The number of anilines is 2. The molecule has 6 nitrogen and oxygen atoms in total. The van der Waals surface area contributed by atoms with Crippen LogP contribution in [0.15, 0.2) is 42.5 Å². The zero-order chi connectivity index (χ0) is 18.0. The van der Waals surface area contributed by atoms with Gasteiger partial charge in [-0.25, -0.2) is 0 Å². The molecule has 25 heavy (non-hydrogen) atoms. The van der Waals surface area contributed by atoms with Gasteiger partial charge in [-0.15, -0.1) is 0 Å². The number of ether oxygens (including phenoxy) is 2. The molecule has 0 unspecified atom stereocenters. The van der Waals surface area contributed by atoms with Crippen LogP contribution in [0.5, 0.6) is 11.5 Å². The molecule has 1 N–H and O–H groups in total. The summed E-state index contributed by atoms with van der Waals surface area (Å²) in [5.41, 5.74) is 1.18. The summed E-state index contributed by atoms with van der Waals surface area (Å²) in [5.74, 6) is 0.505. The lowest BCUT2D eigenvalue weighted by molar-refractivity contribution is -0.123. The molecule has 130 valence electrons. The molecule has 1 heterocycles. The number of benzene rings is 2. The number of methoxy groups -OCH3 is 1. The minimum Gasteiger partial charge on any atom is -0.495 e. The van der Waals surface area contributed by atoms with Gasteiger partial charge >= 0.3 is 0 Å². The summed E-state index contributed by atoms with van der Waals surface area (Å²) in [5, 5.41) is 3.14. The largest absolute Gasteiger partial charge is 0.495 e. The molecular formula is C18H17ClN2O4. The second-order valence-corrected chi connectivity index (χ2v) is 5.95. The van der Waals surface area contributed by atoms with E-state index in [9.17, 15) is 9.59 Å². The van der Waals surface area contributed by atoms with Crippen LogP contribution in [0.2, 0.25) is 5.02 Å². The average Bonchev–Trinajstić information content (AvgIpc) is 2.60. The normalized spacial score (nSPS) is 15.8. The predicted octanol–water partition coefficient (Wildman–Crippen LogP) is 3.10. The summed E-state index contributed by atoms with van der Waals surface area (Å²) in [7, 11) is 1.52. The fourth-order valence-corrected chi connectivity index (χ4v) is 2.89. The van der Waals surface area contributed by atoms with Gasteiger partial charge in [0.15, 0.2) is 6.10 Å². The van der Waals surface area contributed by atoms with Gasteiger partial charge in [0.05, 0.1) is 24.4 Å². The lowest BCUT2D eigenvalue weighted by Gasteiger charge is -2.33. The molecule has 0 bridgehead atoms. The van der Waals surface area contributed by atoms with Crippen LogP contribution in [0, 0.1) is 0 Å². The molecule has 1 aliphatic heterocycles. The molecule has 0 saturated carbocycles. The molecule has 0 saturated heterocycles. The van der Waals surface area contributed by atoms with Crippen LogP contribution in [-0.4, -0.2) is 31.6 Å². The van der Waals surface area contributed by atoms with Crippen molar-refractivity contribution in [3.05, 3.63) is 47.5 Å². The Balaban J connectivity index is 1.79. The molecule has 2 amide bonds. The Morgan fingerprint density at radius 2 is 2.04 bits per heavy atom. The average molecular weight is 361 g/mol. The number of amides is 2. The number of carbonyl (C=O) groups excluding carboxylic acids is 2. The molecular weight excluding hydrogens is 344 g/mol. The van der Waals surface area contributed by atoms with Crippen LogP contribution in [0.4, 0.5) is 11.4 Å². The van der Waals surface area contributed by atoms with Crippen molar-refractivity contribution in [1.82, 2.24) is 0 Å². The number of para-hydroxylation sites is 2. The highest BCUT2D eigenvalue weighted by Crippen LogP contribution is 2.33. The Morgan fingerprint density at radius 3 is 2.72 bits per heavy atom. The third-order valence-corrected chi connectivity index (χ3v) is 4.16. The van der Waals surface area contributed by atoms with E-state index in [2.05, 4.69) is 5.32 Å². The topological polar surface area (TPSA) is 67.9 Å². The summed E-state index contributed by atoms with van der Waals surface area (Å²) < 4.78 is 10.8. The summed E-state index contributed by atoms with van der Waals surface area (Å²) in [6.07, 6.45) is -0.820. The summed E-state index contributed by atoms with van der Waals surface area (Å²) in [6.45, 7) is 1.60. The van der Waals surface area contributed by atoms with Crippen LogP contribution < -0.4 is 19.7 Å². The monoisotopic (exact) mass is 360 g/mol. The summed E-state index contributed by atoms with van der Waals surface area (Å²) in [4.78, 5) is 26.0. The number of carbonyl (C=O) groups is 2. The first-order valence-corrected chi connectivity index (χ1v) is 8.05. The molecule has 7 heteroatoms. The quantitative estimate of drug-likeness (QED) is 0.913. The first-order chi connectivity index (χ1) is 12.0. The van der Waals surface area contributed by atoms with Gasteiger partial charge in [0.25, 0.3) is 5.91 Å². The molecule has 3 rings (SSSR count). The van der Waals surface area contributed by atoms with Crippen LogP contribution in [0.3, 0.4) is 0 Å². The van der Waals surface area contributed by atoms with Gasteiger partial charge in [0.2, 0.25) is 5.91 Å². The van der Waals surface area contributed by atoms with Gasteiger partial charge < -0.3 is 19.7 Å². The van der Waals surface area contributed by atoms with E-state index < -0.39 is 6.10 Å². The Labute approximate surface area is 150 Å². The first-order valence-electron chi connectivity index (χ1n) is 7.68. The molecule has 2 aromatic rings. The second kappa shape index (κ2) is 7.03. The minimum atomic E-state index is -0.820. The number of rotatable bonds is 3. The fraction of sp³-hybridized carbons (Fsp3) is 0.222. The Bertz CT molecular complexity index is 824. The molecule has 0 radical (unpaired) electrons. The number of fused-ring (bicyclic) bond motifs is 1. The Morgan fingerprint density at radius 1 is 1.28 bits per heavy atom. The van der Waals surface area contributed by atoms with Crippen LogP contribution in [0.1, 0.15) is 6.92 Å². The summed E-state index contributed by atoms with van der Waals surface area (Å²) in [6, 6.07) is 12.1. The molecule has 2 aromatic carbocycles. The molecule has 0 spiro atoms. The standard InChI is InChI=1S/C18H17ClN2O4/c1-11(22)21-10-17(25-16-6-4-3-5-14(16)21)18(23)20-12-7-8-15(24-2)13(19)9-12/h3-9,17H,10H2,1-2H3,(H,20,23)/t17-/m1/s1. The van der Waals surface area contributed by atoms with Crippen molar-refractivity contribution < 1.29 is 19.1 Å². The highest BCUT2D eigenvalue weighted by molar-refractivity contribution is 6.32. The zero-order valence-electron chi connectivity index (χ0n) is 13.8. The minimum absolute atomic E-state index is 0.141. The van der Waals surface area contributed by atoms with E-state index in [0.29, 0.717) is 27.9 Å². The maximum Gasteiger partial charge on any atom is 0.267 e. The van der Waals surface area contributed by atoms with Gasteiger partial charge in [-0.05, 0) is 30.3 Å². The maximum atomic E-state index is 12.6. The van der Waals surface area contributed by atoms with Gasteiger partial charge in [-0.1, -0.05) is 23.7 Å². The van der Waals surface area contributed by atoms with E-state index >= 15 is 0 Å². The van der Waals surface area contributed by atoms with Gasteiger partial charge in [0, 0.05) is 12.6 Å². The van der Waals surface area contributed by atoms with E-state index in [1.54, 1.807) is 36.4 Å². The number of nitrogens with zero attached hydrogens (tertiary/aromatic N) is 1. The van der Waals surface area contributed by atoms with Crippen molar-refractivity contribution in [3.63, 3.8) is 0 Å². The summed E-state index contributed by atoms with van der Waals surface area (Å²) >= 11 is 6.07. The SMILES string of the molecule is COc1ccc(NC(=O)[C@H]2CN(C(C)=O)c3ccccc3O2)cc1Cl. The van der Waals surface area contributed by atoms with Crippen molar-refractivity contribution in [2.45, 2.75) is 13.0 Å². The van der Waals surface area contributed by atoms with E-state index in [4.69, 9.17) is 21.1 Å². The zero-order valence-corrected chi connectivity index (χ0v) is 14.5. The van der Waals surface area contributed by atoms with Crippen molar-refractivity contribution in [1.29, 1.82) is 0 Å². The van der Waals surface area contributed by atoms with Gasteiger partial charge in [-0.2, -0.15) is 0 Å². The van der Waals surface area contributed by atoms with Crippen LogP contribution in [0.25, 0.3) is 0 Å². The van der Waals surface area contributed by atoms with Crippen molar-refractivity contribution in [3.8, 4) is 11.5 Å². The van der Waals surface area contributed by atoms with Gasteiger partial charge in [0.1, 0.15) is 11.5 Å². The Kier molecular flexibility index (Phi) is 4.81. The van der Waals surface area contributed by atoms with Crippen LogP contribution in [-0.2, 0) is 9.59 Å². The molecule has 1 atom stereocenters. The highest BCUT2D eigenvalue weighted by Gasteiger charge is 2.32. The number of nitrogens with one attached hydrogen (secondary N) is 1. The van der Waals surface area contributed by atoms with E-state index in [1.165, 1.54) is 18.9 Å². The van der Waals surface area contributed by atoms with Crippen molar-refractivity contribution in [2.24, 2.45) is 0 Å². The van der Waals surface area contributed by atoms with Crippen LogP contribution >= 0.6 is 11.6 Å². The smallest absolute Gasteiger partial charge is 0.267 e.